The summed E-state index contributed by atoms with van der Waals surface area (Å²) in [6.45, 7) is 3.17. The number of methoxy groups -OCH3 is 1. The topological polar surface area (TPSA) is 32.8 Å². The number of hydrogen-bond donors (Lipinski definition) is 0. The van der Waals surface area contributed by atoms with Crippen LogP contribution in [0.5, 0.6) is 0 Å². The summed E-state index contributed by atoms with van der Waals surface area (Å²) >= 11 is 0. The molecule has 1 aromatic carbocycles. The van der Waals surface area contributed by atoms with E-state index in [0.717, 1.165) is 64.2 Å². The number of carbonyl (C=O) groups excluding carboxylic acids is 1. The summed E-state index contributed by atoms with van der Waals surface area (Å²) < 4.78 is 43.9. The van der Waals surface area contributed by atoms with E-state index in [1.54, 1.807) is 13.2 Å². The number of carbonyl (C=O) groups is 1. The Morgan fingerprint density at radius 2 is 1.86 bits per heavy atom. The zero-order chi connectivity index (χ0) is 20.9. The van der Waals surface area contributed by atoms with Crippen LogP contribution in [-0.4, -0.2) is 55.1 Å². The smallest absolute Gasteiger partial charge is 0.375 e. The first kappa shape index (κ1) is 22.1. The molecule has 0 radical (unpaired) electrons. The van der Waals surface area contributed by atoms with E-state index in [1.807, 2.05) is 4.90 Å². The lowest BCUT2D eigenvalue weighted by molar-refractivity contribution is -0.139. The molecule has 1 amide bonds. The second-order valence-corrected chi connectivity index (χ2v) is 8.25. The summed E-state index contributed by atoms with van der Waals surface area (Å²) in [6, 6.07) is 5.87. The van der Waals surface area contributed by atoms with Crippen molar-refractivity contribution < 1.29 is 22.7 Å². The Morgan fingerprint density at radius 1 is 1.10 bits per heavy atom. The van der Waals surface area contributed by atoms with Crippen LogP contribution < -0.4 is 0 Å². The van der Waals surface area contributed by atoms with Gasteiger partial charge in [0, 0.05) is 26.2 Å². The fraction of sp³-hybridized carbons (Fsp3) is 0.682. The molecule has 3 rings (SSSR count). The minimum absolute atomic E-state index is 0.0748. The van der Waals surface area contributed by atoms with Gasteiger partial charge in [0.05, 0.1) is 5.56 Å². The molecule has 1 aromatic rings. The van der Waals surface area contributed by atoms with Gasteiger partial charge in [-0.2, -0.15) is 13.2 Å². The number of rotatable bonds is 5. The van der Waals surface area contributed by atoms with Gasteiger partial charge in [-0.1, -0.05) is 31.0 Å². The summed E-state index contributed by atoms with van der Waals surface area (Å²) in [4.78, 5) is 16.8. The average molecular weight is 412 g/mol. The molecule has 29 heavy (non-hydrogen) atoms. The standard InChI is InChI=1S/C22H31F3N2O2/c1-29-16-21(28)27-11-4-2-3-8-20(27)18-9-12-26(13-10-18)15-17-6-5-7-19(14-17)22(23,24)25/h5-7,14,18,20H,2-4,8-13,15-16H2,1H3. The number of halogens is 3. The number of ether oxygens (including phenoxy) is 1. The van der Waals surface area contributed by atoms with E-state index >= 15 is 0 Å². The van der Waals surface area contributed by atoms with Crippen molar-refractivity contribution in [2.45, 2.75) is 57.3 Å². The van der Waals surface area contributed by atoms with Crippen LogP contribution in [-0.2, 0) is 22.3 Å². The summed E-state index contributed by atoms with van der Waals surface area (Å²) in [5.74, 6) is 0.525. The van der Waals surface area contributed by atoms with Crippen LogP contribution in [0, 0.1) is 5.92 Å². The quantitative estimate of drug-likeness (QED) is 0.722. The highest BCUT2D eigenvalue weighted by Gasteiger charge is 2.34. The van der Waals surface area contributed by atoms with Crippen molar-refractivity contribution in [3.8, 4) is 0 Å². The Hall–Kier alpha value is -1.60. The van der Waals surface area contributed by atoms with Crippen LogP contribution in [0.15, 0.2) is 24.3 Å². The molecule has 0 N–H and O–H groups in total. The number of likely N-dealkylation sites (tertiary alicyclic amines) is 2. The number of alkyl halides is 3. The normalized spacial score (nSPS) is 22.5. The largest absolute Gasteiger partial charge is 0.416 e. The van der Waals surface area contributed by atoms with E-state index in [4.69, 9.17) is 4.74 Å². The number of benzene rings is 1. The summed E-state index contributed by atoms with van der Waals surface area (Å²) in [5, 5.41) is 0. The van der Waals surface area contributed by atoms with E-state index < -0.39 is 11.7 Å². The second kappa shape index (κ2) is 9.94. The number of amides is 1. The third-order valence-electron chi connectivity index (χ3n) is 6.22. The number of piperidine rings is 1. The van der Waals surface area contributed by atoms with Gasteiger partial charge in [0.25, 0.3) is 0 Å². The molecule has 1 unspecified atom stereocenters. The molecule has 2 aliphatic rings. The van der Waals surface area contributed by atoms with Gasteiger partial charge in [0.1, 0.15) is 6.61 Å². The van der Waals surface area contributed by atoms with Gasteiger partial charge in [0.2, 0.25) is 5.91 Å². The lowest BCUT2D eigenvalue weighted by atomic mass is 9.86. The first-order valence-electron chi connectivity index (χ1n) is 10.6. The van der Waals surface area contributed by atoms with E-state index in [2.05, 4.69) is 4.90 Å². The second-order valence-electron chi connectivity index (χ2n) is 8.25. The minimum Gasteiger partial charge on any atom is -0.375 e. The number of hydrogen-bond acceptors (Lipinski definition) is 3. The summed E-state index contributed by atoms with van der Waals surface area (Å²) in [5.41, 5.74) is 0.111. The van der Waals surface area contributed by atoms with Gasteiger partial charge in [-0.3, -0.25) is 9.69 Å². The van der Waals surface area contributed by atoms with Gasteiger partial charge in [-0.05, 0) is 56.3 Å². The van der Waals surface area contributed by atoms with E-state index in [9.17, 15) is 18.0 Å². The predicted octanol–water partition coefficient (Wildman–Crippen LogP) is 4.34. The lowest BCUT2D eigenvalue weighted by Crippen LogP contribution is -2.48. The molecule has 0 aliphatic carbocycles. The van der Waals surface area contributed by atoms with Gasteiger partial charge in [-0.25, -0.2) is 0 Å². The Kier molecular flexibility index (Phi) is 7.57. The Bertz CT molecular complexity index is 672. The highest BCUT2D eigenvalue weighted by Crippen LogP contribution is 2.32. The average Bonchev–Trinajstić information content (AvgIpc) is 2.94. The molecule has 2 heterocycles. The van der Waals surface area contributed by atoms with E-state index in [0.29, 0.717) is 18.0 Å². The molecule has 2 aliphatic heterocycles. The highest BCUT2D eigenvalue weighted by atomic mass is 19.4. The molecular weight excluding hydrogens is 381 g/mol. The van der Waals surface area contributed by atoms with Crippen LogP contribution in [0.3, 0.4) is 0 Å². The number of nitrogens with zero attached hydrogens (tertiary/aromatic N) is 2. The third kappa shape index (κ3) is 5.95. The Morgan fingerprint density at radius 3 is 2.55 bits per heavy atom. The van der Waals surface area contributed by atoms with Crippen LogP contribution in [0.25, 0.3) is 0 Å². The summed E-state index contributed by atoms with van der Waals surface area (Å²) in [6.07, 6.45) is 2.02. The maximum atomic E-state index is 12.9. The van der Waals surface area contributed by atoms with Crippen molar-refractivity contribution in [1.82, 2.24) is 9.80 Å². The van der Waals surface area contributed by atoms with Crippen molar-refractivity contribution in [3.63, 3.8) is 0 Å². The molecule has 162 valence electrons. The molecule has 0 spiro atoms. The Labute approximate surface area is 171 Å². The minimum atomic E-state index is -4.30. The lowest BCUT2D eigenvalue weighted by Gasteiger charge is -2.40. The molecule has 1 atom stereocenters. The molecule has 2 saturated heterocycles. The zero-order valence-electron chi connectivity index (χ0n) is 17.1. The van der Waals surface area contributed by atoms with Crippen molar-refractivity contribution in [1.29, 1.82) is 0 Å². The van der Waals surface area contributed by atoms with Crippen LogP contribution in [0.2, 0.25) is 0 Å². The maximum absolute atomic E-state index is 12.9. The zero-order valence-corrected chi connectivity index (χ0v) is 17.1. The molecule has 4 nitrogen and oxygen atoms in total. The molecular formula is C22H31F3N2O2. The first-order valence-corrected chi connectivity index (χ1v) is 10.6. The molecule has 7 heteroatoms. The third-order valence-corrected chi connectivity index (χ3v) is 6.22. The first-order chi connectivity index (χ1) is 13.9. The Balaban J connectivity index is 1.58. The van der Waals surface area contributed by atoms with Crippen molar-refractivity contribution >= 4 is 5.91 Å². The van der Waals surface area contributed by atoms with Crippen LogP contribution in [0.1, 0.15) is 49.7 Å². The van der Waals surface area contributed by atoms with E-state index in [-0.39, 0.29) is 18.6 Å². The SMILES string of the molecule is COCC(=O)N1CCCCCC1C1CCN(Cc2cccc(C(F)(F)F)c2)CC1. The molecule has 0 saturated carbocycles. The molecule has 0 aromatic heterocycles. The fourth-order valence-corrected chi connectivity index (χ4v) is 4.74. The fourth-order valence-electron chi connectivity index (χ4n) is 4.74. The van der Waals surface area contributed by atoms with Crippen LogP contribution >= 0.6 is 0 Å². The monoisotopic (exact) mass is 412 g/mol. The van der Waals surface area contributed by atoms with Crippen molar-refractivity contribution in [3.05, 3.63) is 35.4 Å². The van der Waals surface area contributed by atoms with Gasteiger partial charge in [0.15, 0.2) is 0 Å². The van der Waals surface area contributed by atoms with Gasteiger partial charge < -0.3 is 9.64 Å². The molecule has 0 bridgehead atoms. The van der Waals surface area contributed by atoms with Crippen molar-refractivity contribution in [2.75, 3.05) is 33.4 Å². The summed E-state index contributed by atoms with van der Waals surface area (Å²) in [7, 11) is 1.55. The van der Waals surface area contributed by atoms with Gasteiger partial charge in [-0.15, -0.1) is 0 Å². The highest BCUT2D eigenvalue weighted by molar-refractivity contribution is 5.77. The molecule has 2 fully saturated rings. The van der Waals surface area contributed by atoms with Crippen molar-refractivity contribution in [2.24, 2.45) is 5.92 Å². The maximum Gasteiger partial charge on any atom is 0.416 e. The van der Waals surface area contributed by atoms with E-state index in [1.165, 1.54) is 12.1 Å². The predicted molar refractivity (Wildman–Crippen MR) is 105 cm³/mol. The van der Waals surface area contributed by atoms with Crippen LogP contribution in [0.4, 0.5) is 13.2 Å². The van der Waals surface area contributed by atoms with Gasteiger partial charge >= 0.3 is 6.18 Å².